The van der Waals surface area contributed by atoms with Crippen molar-refractivity contribution in [2.24, 2.45) is 0 Å². The van der Waals surface area contributed by atoms with E-state index in [0.717, 1.165) is 11.1 Å². The first-order chi connectivity index (χ1) is 12.7. The predicted octanol–water partition coefficient (Wildman–Crippen LogP) is 6.06. The normalized spacial score (nSPS) is 11.2. The highest BCUT2D eigenvalue weighted by atomic mass is 35.5. The highest BCUT2D eigenvalue weighted by molar-refractivity contribution is 6.42. The van der Waals surface area contributed by atoms with E-state index in [1.807, 2.05) is 19.9 Å². The van der Waals surface area contributed by atoms with E-state index in [1.165, 1.54) is 14.2 Å². The van der Waals surface area contributed by atoms with Gasteiger partial charge in [0, 0.05) is 12.1 Å². The van der Waals surface area contributed by atoms with Crippen LogP contribution >= 0.6 is 35.6 Å². The van der Waals surface area contributed by atoms with Gasteiger partial charge in [-0.2, -0.15) is 8.78 Å². The second kappa shape index (κ2) is 10.3. The van der Waals surface area contributed by atoms with Gasteiger partial charge in [-0.15, -0.1) is 12.4 Å². The quantitative estimate of drug-likeness (QED) is 0.524. The van der Waals surface area contributed by atoms with Crippen LogP contribution in [0.2, 0.25) is 10.0 Å². The molecule has 0 saturated carbocycles. The van der Waals surface area contributed by atoms with Gasteiger partial charge < -0.3 is 19.5 Å². The summed E-state index contributed by atoms with van der Waals surface area (Å²) in [7, 11) is 2.76. The molecule has 0 aromatic heterocycles. The van der Waals surface area contributed by atoms with Gasteiger partial charge >= 0.3 is 6.61 Å². The SMILES string of the molecule is COc1cc(CNC(C)(C)c2ccc(Cl)c(Cl)c2)cc(OC)c1OC(F)F.Cl. The van der Waals surface area contributed by atoms with Crippen molar-refractivity contribution < 1.29 is 23.0 Å². The maximum atomic E-state index is 12.6. The van der Waals surface area contributed by atoms with E-state index >= 15 is 0 Å². The third-order valence-electron chi connectivity index (χ3n) is 4.10. The zero-order valence-corrected chi connectivity index (χ0v) is 18.1. The summed E-state index contributed by atoms with van der Waals surface area (Å²) in [5, 5.41) is 4.36. The number of hydrogen-bond donors (Lipinski definition) is 1. The number of ether oxygens (including phenoxy) is 3. The van der Waals surface area contributed by atoms with Crippen LogP contribution in [0.1, 0.15) is 25.0 Å². The van der Waals surface area contributed by atoms with Crippen molar-refractivity contribution >= 4 is 35.6 Å². The number of hydrogen-bond acceptors (Lipinski definition) is 4. The molecule has 0 atom stereocenters. The molecule has 0 aliphatic heterocycles. The summed E-state index contributed by atoms with van der Waals surface area (Å²) in [4.78, 5) is 0. The molecule has 9 heteroatoms. The van der Waals surface area contributed by atoms with Crippen LogP contribution in [0.15, 0.2) is 30.3 Å². The van der Waals surface area contributed by atoms with Crippen molar-refractivity contribution in [3.05, 3.63) is 51.5 Å². The Kier molecular flexibility index (Phi) is 9.08. The molecule has 2 aromatic rings. The molecule has 0 aliphatic carbocycles. The molecule has 0 aliphatic rings. The van der Waals surface area contributed by atoms with Crippen LogP contribution in [0.25, 0.3) is 0 Å². The lowest BCUT2D eigenvalue weighted by molar-refractivity contribution is -0.0526. The fourth-order valence-corrected chi connectivity index (χ4v) is 2.85. The lowest BCUT2D eigenvalue weighted by atomic mass is 9.94. The Morgan fingerprint density at radius 3 is 2.04 bits per heavy atom. The first-order valence-electron chi connectivity index (χ1n) is 8.08. The van der Waals surface area contributed by atoms with E-state index in [1.54, 1.807) is 24.3 Å². The van der Waals surface area contributed by atoms with Gasteiger partial charge in [0.2, 0.25) is 5.75 Å². The summed E-state index contributed by atoms with van der Waals surface area (Å²) >= 11 is 12.1. The lowest BCUT2D eigenvalue weighted by Gasteiger charge is -2.28. The molecule has 2 aromatic carbocycles. The smallest absolute Gasteiger partial charge is 0.387 e. The van der Waals surface area contributed by atoms with Crippen molar-refractivity contribution in [1.82, 2.24) is 5.32 Å². The van der Waals surface area contributed by atoms with Crippen LogP contribution in [-0.4, -0.2) is 20.8 Å². The molecule has 0 saturated heterocycles. The standard InChI is InChI=1S/C19H21Cl2F2NO3.ClH/c1-19(2,12-5-6-13(20)14(21)9-12)24-10-11-7-15(25-3)17(27-18(22)23)16(8-11)26-4;/h5-9,18,24H,10H2,1-4H3;1H. The zero-order chi connectivity index (χ0) is 20.2. The van der Waals surface area contributed by atoms with Crippen molar-refractivity contribution in [2.75, 3.05) is 14.2 Å². The Morgan fingerprint density at radius 2 is 1.57 bits per heavy atom. The summed E-state index contributed by atoms with van der Waals surface area (Å²) < 4.78 is 40.2. The van der Waals surface area contributed by atoms with Crippen LogP contribution in [0, 0.1) is 0 Å². The number of benzene rings is 2. The van der Waals surface area contributed by atoms with E-state index in [2.05, 4.69) is 10.1 Å². The average Bonchev–Trinajstić information content (AvgIpc) is 2.62. The van der Waals surface area contributed by atoms with E-state index in [-0.39, 0.29) is 29.7 Å². The molecule has 0 unspecified atom stereocenters. The first kappa shape index (κ1) is 24.6. The Balaban J connectivity index is 0.00000392. The van der Waals surface area contributed by atoms with Crippen molar-refractivity contribution in [3.63, 3.8) is 0 Å². The minimum Gasteiger partial charge on any atom is -0.493 e. The minimum atomic E-state index is -2.98. The van der Waals surface area contributed by atoms with Gasteiger partial charge in [-0.05, 0) is 49.2 Å². The molecule has 0 fully saturated rings. The number of methoxy groups -OCH3 is 2. The summed E-state index contributed by atoms with van der Waals surface area (Å²) in [6, 6.07) is 8.68. The molecule has 0 radical (unpaired) electrons. The van der Waals surface area contributed by atoms with E-state index in [9.17, 15) is 8.78 Å². The average molecular weight is 457 g/mol. The highest BCUT2D eigenvalue weighted by Gasteiger charge is 2.22. The molecule has 0 heterocycles. The van der Waals surface area contributed by atoms with E-state index in [0.29, 0.717) is 16.6 Å². The first-order valence-corrected chi connectivity index (χ1v) is 8.83. The van der Waals surface area contributed by atoms with Gasteiger partial charge in [-0.3, -0.25) is 0 Å². The van der Waals surface area contributed by atoms with Gasteiger partial charge in [-0.25, -0.2) is 0 Å². The molecule has 156 valence electrons. The third-order valence-corrected chi connectivity index (χ3v) is 4.84. The fraction of sp³-hybridized carbons (Fsp3) is 0.368. The third kappa shape index (κ3) is 6.01. The largest absolute Gasteiger partial charge is 0.493 e. The molecule has 1 N–H and O–H groups in total. The van der Waals surface area contributed by atoms with Gasteiger partial charge in [0.25, 0.3) is 0 Å². The molecule has 28 heavy (non-hydrogen) atoms. The topological polar surface area (TPSA) is 39.7 Å². The van der Waals surface area contributed by atoms with Crippen LogP contribution in [-0.2, 0) is 12.1 Å². The number of halogens is 5. The molecule has 2 rings (SSSR count). The van der Waals surface area contributed by atoms with Crippen LogP contribution in [0.5, 0.6) is 17.2 Å². The predicted molar refractivity (Wildman–Crippen MR) is 110 cm³/mol. The maximum Gasteiger partial charge on any atom is 0.387 e. The van der Waals surface area contributed by atoms with Crippen molar-refractivity contribution in [1.29, 1.82) is 0 Å². The fourth-order valence-electron chi connectivity index (χ4n) is 2.55. The maximum absolute atomic E-state index is 12.6. The zero-order valence-electron chi connectivity index (χ0n) is 15.8. The van der Waals surface area contributed by atoms with Gasteiger partial charge in [-0.1, -0.05) is 29.3 Å². The van der Waals surface area contributed by atoms with Gasteiger partial charge in [0.05, 0.1) is 24.3 Å². The monoisotopic (exact) mass is 455 g/mol. The van der Waals surface area contributed by atoms with Crippen LogP contribution < -0.4 is 19.5 Å². The summed E-state index contributed by atoms with van der Waals surface area (Å²) in [6.07, 6.45) is 0. The second-order valence-electron chi connectivity index (χ2n) is 6.32. The van der Waals surface area contributed by atoms with Crippen molar-refractivity contribution in [3.8, 4) is 17.2 Å². The highest BCUT2D eigenvalue weighted by Crippen LogP contribution is 2.39. The van der Waals surface area contributed by atoms with E-state index < -0.39 is 12.2 Å². The van der Waals surface area contributed by atoms with Gasteiger partial charge in [0.1, 0.15) is 0 Å². The Hall–Kier alpha value is -1.47. The van der Waals surface area contributed by atoms with Crippen molar-refractivity contribution in [2.45, 2.75) is 32.5 Å². The van der Waals surface area contributed by atoms with Gasteiger partial charge in [0.15, 0.2) is 11.5 Å². The molecule has 0 spiro atoms. The molecular formula is C19H22Cl3F2NO3. The summed E-state index contributed by atoms with van der Waals surface area (Å²) in [5.41, 5.74) is 1.30. The Morgan fingerprint density at radius 1 is 1.00 bits per heavy atom. The van der Waals surface area contributed by atoms with Crippen LogP contribution in [0.4, 0.5) is 8.78 Å². The molecule has 4 nitrogen and oxygen atoms in total. The number of alkyl halides is 2. The number of rotatable bonds is 8. The molecule has 0 bridgehead atoms. The lowest BCUT2D eigenvalue weighted by Crippen LogP contribution is -2.36. The summed E-state index contributed by atoms with van der Waals surface area (Å²) in [6.45, 7) is 1.44. The molecule has 0 amide bonds. The Bertz CT molecular complexity index is 779. The Labute approximate surface area is 179 Å². The minimum absolute atomic E-state index is 0. The molecular weight excluding hydrogens is 435 g/mol. The van der Waals surface area contributed by atoms with Crippen LogP contribution in [0.3, 0.4) is 0 Å². The van der Waals surface area contributed by atoms with E-state index in [4.69, 9.17) is 32.7 Å². The summed E-state index contributed by atoms with van der Waals surface area (Å²) in [5.74, 6) is 0.195. The number of nitrogens with one attached hydrogen (secondary N) is 1. The second-order valence-corrected chi connectivity index (χ2v) is 7.13.